The lowest BCUT2D eigenvalue weighted by Gasteiger charge is -2.27. The Kier molecular flexibility index (Phi) is 7.93. The van der Waals surface area contributed by atoms with Crippen molar-refractivity contribution in [1.82, 2.24) is 4.37 Å². The first kappa shape index (κ1) is 25.0. The quantitative estimate of drug-likeness (QED) is 0.349. The van der Waals surface area contributed by atoms with Gasteiger partial charge in [0.25, 0.3) is 0 Å². The molecule has 0 bridgehead atoms. The van der Waals surface area contributed by atoms with Gasteiger partial charge in [0.2, 0.25) is 0 Å². The van der Waals surface area contributed by atoms with Gasteiger partial charge in [-0.1, -0.05) is 29.8 Å². The number of hydrogen-bond donors (Lipinski definition) is 2. The van der Waals surface area contributed by atoms with Crippen molar-refractivity contribution >= 4 is 40.9 Å². The fourth-order valence-electron chi connectivity index (χ4n) is 4.23. The lowest BCUT2D eigenvalue weighted by molar-refractivity contribution is -0.143. The SMILES string of the molecule is Cc1nsc(-c2ccc(OC3CCC[C@H](C(=O)O)C3)cc2)c1NC(=O)O[C@H](C)c1ccccc1Cl. The molecule has 1 aliphatic rings. The Labute approximate surface area is 213 Å². The van der Waals surface area contributed by atoms with Crippen LogP contribution in [0.25, 0.3) is 10.4 Å². The zero-order valence-electron chi connectivity index (χ0n) is 19.5. The molecule has 3 atom stereocenters. The molecule has 3 aromatic rings. The van der Waals surface area contributed by atoms with Gasteiger partial charge in [-0.2, -0.15) is 4.37 Å². The lowest BCUT2D eigenvalue weighted by atomic mass is 9.87. The Morgan fingerprint density at radius 2 is 1.91 bits per heavy atom. The smallest absolute Gasteiger partial charge is 0.412 e. The molecule has 35 heavy (non-hydrogen) atoms. The number of carbonyl (C=O) groups excluding carboxylic acids is 1. The number of rotatable bonds is 7. The van der Waals surface area contributed by atoms with Crippen LogP contribution in [0.4, 0.5) is 10.5 Å². The number of carbonyl (C=O) groups is 2. The predicted octanol–water partition coefficient (Wildman–Crippen LogP) is 7.10. The standard InChI is InChI=1S/C26H27ClN2O5S/c1-15-23(28-26(32)33-16(2)21-8-3-4-9-22(21)27)24(35-29-15)17-10-12-19(13-11-17)34-20-7-5-6-18(14-20)25(30)31/h3-4,8-13,16,18,20H,5-7,14H2,1-2H3,(H,28,32)(H,30,31)/t16-,18+,20?/m1/s1. The summed E-state index contributed by atoms with van der Waals surface area (Å²) in [6.07, 6.45) is 1.71. The topological polar surface area (TPSA) is 97.8 Å². The Morgan fingerprint density at radius 3 is 2.63 bits per heavy atom. The molecule has 0 aliphatic heterocycles. The minimum absolute atomic E-state index is 0.103. The van der Waals surface area contributed by atoms with Crippen molar-refractivity contribution < 1.29 is 24.2 Å². The second kappa shape index (κ2) is 11.1. The van der Waals surface area contributed by atoms with Crippen molar-refractivity contribution in [1.29, 1.82) is 0 Å². The molecule has 1 heterocycles. The molecule has 1 aliphatic carbocycles. The van der Waals surface area contributed by atoms with E-state index in [2.05, 4.69) is 9.69 Å². The van der Waals surface area contributed by atoms with E-state index in [1.165, 1.54) is 11.5 Å². The van der Waals surface area contributed by atoms with Gasteiger partial charge < -0.3 is 14.6 Å². The summed E-state index contributed by atoms with van der Waals surface area (Å²) in [5, 5.41) is 12.7. The van der Waals surface area contributed by atoms with Gasteiger partial charge in [0.15, 0.2) is 0 Å². The normalized spacial score (nSPS) is 18.5. The third-order valence-corrected chi connectivity index (χ3v) is 7.44. The molecule has 1 amide bonds. The van der Waals surface area contributed by atoms with Gasteiger partial charge in [0, 0.05) is 10.6 Å². The van der Waals surface area contributed by atoms with Gasteiger partial charge in [-0.3, -0.25) is 10.1 Å². The number of aryl methyl sites for hydroxylation is 1. The average Bonchev–Trinajstić information content (AvgIpc) is 3.19. The van der Waals surface area contributed by atoms with Crippen molar-refractivity contribution in [3.8, 4) is 16.2 Å². The highest BCUT2D eigenvalue weighted by Gasteiger charge is 2.28. The first-order valence-corrected chi connectivity index (χ1v) is 12.6. The highest BCUT2D eigenvalue weighted by Crippen LogP contribution is 2.37. The van der Waals surface area contributed by atoms with Gasteiger partial charge >= 0.3 is 12.1 Å². The third kappa shape index (κ3) is 6.13. The molecule has 0 spiro atoms. The molecule has 2 N–H and O–H groups in total. The zero-order valence-corrected chi connectivity index (χ0v) is 21.1. The van der Waals surface area contributed by atoms with Crippen molar-refractivity contribution in [2.75, 3.05) is 5.32 Å². The molecule has 184 valence electrons. The summed E-state index contributed by atoms with van der Waals surface area (Å²) < 4.78 is 16.0. The second-order valence-corrected chi connectivity index (χ2v) is 9.81. The van der Waals surface area contributed by atoms with E-state index < -0.39 is 18.2 Å². The number of nitrogens with zero attached hydrogens (tertiary/aromatic N) is 1. The van der Waals surface area contributed by atoms with Gasteiger partial charge in [0.1, 0.15) is 11.9 Å². The zero-order chi connectivity index (χ0) is 24.9. The molecular formula is C26H27ClN2O5S. The average molecular weight is 515 g/mol. The van der Waals surface area contributed by atoms with E-state index in [1.807, 2.05) is 49.4 Å². The van der Waals surface area contributed by atoms with Crippen LogP contribution in [0.15, 0.2) is 48.5 Å². The summed E-state index contributed by atoms with van der Waals surface area (Å²) in [6.45, 7) is 3.59. The van der Waals surface area contributed by atoms with Gasteiger partial charge in [-0.15, -0.1) is 0 Å². The lowest BCUT2D eigenvalue weighted by Crippen LogP contribution is -2.29. The summed E-state index contributed by atoms with van der Waals surface area (Å²) in [6, 6.07) is 14.8. The number of aliphatic carboxylic acids is 1. The maximum atomic E-state index is 12.6. The van der Waals surface area contributed by atoms with E-state index in [4.69, 9.17) is 21.1 Å². The Morgan fingerprint density at radius 1 is 1.17 bits per heavy atom. The first-order valence-electron chi connectivity index (χ1n) is 11.5. The van der Waals surface area contributed by atoms with Gasteiger partial charge in [-0.25, -0.2) is 4.79 Å². The van der Waals surface area contributed by atoms with Crippen molar-refractivity contribution in [2.45, 2.75) is 51.7 Å². The molecule has 0 saturated heterocycles. The van der Waals surface area contributed by atoms with Gasteiger partial charge in [0.05, 0.1) is 28.3 Å². The molecule has 1 fully saturated rings. The summed E-state index contributed by atoms with van der Waals surface area (Å²) >= 11 is 7.50. The molecule has 4 rings (SSSR count). The number of anilines is 1. The van der Waals surface area contributed by atoms with Crippen molar-refractivity contribution in [2.24, 2.45) is 5.92 Å². The molecule has 1 unspecified atom stereocenters. The maximum Gasteiger partial charge on any atom is 0.412 e. The number of nitrogens with one attached hydrogen (secondary N) is 1. The number of aromatic nitrogens is 1. The van der Waals surface area contributed by atoms with E-state index in [1.54, 1.807) is 13.0 Å². The number of halogens is 1. The van der Waals surface area contributed by atoms with Crippen LogP contribution in [0, 0.1) is 12.8 Å². The third-order valence-electron chi connectivity index (χ3n) is 6.11. The predicted molar refractivity (Wildman–Crippen MR) is 136 cm³/mol. The van der Waals surface area contributed by atoms with Crippen LogP contribution in [-0.2, 0) is 9.53 Å². The molecule has 7 nitrogen and oxygen atoms in total. The van der Waals surface area contributed by atoms with E-state index in [0.29, 0.717) is 35.0 Å². The number of carboxylic acid groups (broad SMARTS) is 1. The Hall–Kier alpha value is -3.10. The molecule has 9 heteroatoms. The first-order chi connectivity index (χ1) is 16.8. The van der Waals surface area contributed by atoms with Crippen LogP contribution in [0.2, 0.25) is 5.02 Å². The van der Waals surface area contributed by atoms with Crippen LogP contribution in [0.1, 0.15) is 50.0 Å². The van der Waals surface area contributed by atoms with Crippen molar-refractivity contribution in [3.63, 3.8) is 0 Å². The number of hydrogen-bond acceptors (Lipinski definition) is 6. The number of ether oxygens (including phenoxy) is 2. The fraction of sp³-hybridized carbons (Fsp3) is 0.346. The summed E-state index contributed by atoms with van der Waals surface area (Å²) in [4.78, 5) is 24.7. The largest absolute Gasteiger partial charge is 0.490 e. The van der Waals surface area contributed by atoms with Crippen LogP contribution in [-0.4, -0.2) is 27.6 Å². The van der Waals surface area contributed by atoms with Crippen LogP contribution < -0.4 is 10.1 Å². The second-order valence-electron chi connectivity index (χ2n) is 8.63. The van der Waals surface area contributed by atoms with E-state index in [0.717, 1.165) is 28.8 Å². The highest BCUT2D eigenvalue weighted by atomic mass is 35.5. The number of carboxylic acids is 1. The molecule has 2 aromatic carbocycles. The summed E-state index contributed by atoms with van der Waals surface area (Å²) in [5.74, 6) is -0.412. The van der Waals surface area contributed by atoms with Crippen molar-refractivity contribution in [3.05, 3.63) is 64.8 Å². The van der Waals surface area contributed by atoms with E-state index >= 15 is 0 Å². The molecule has 1 aromatic heterocycles. The van der Waals surface area contributed by atoms with E-state index in [9.17, 15) is 14.7 Å². The van der Waals surface area contributed by atoms with Crippen LogP contribution in [0.3, 0.4) is 0 Å². The monoisotopic (exact) mass is 514 g/mol. The fourth-order valence-corrected chi connectivity index (χ4v) is 5.37. The maximum absolute atomic E-state index is 12.6. The van der Waals surface area contributed by atoms with Gasteiger partial charge in [-0.05, 0) is 87.0 Å². The number of amides is 1. The minimum atomic E-state index is -0.756. The minimum Gasteiger partial charge on any atom is -0.490 e. The number of benzene rings is 2. The molecule has 1 saturated carbocycles. The van der Waals surface area contributed by atoms with Crippen LogP contribution in [0.5, 0.6) is 5.75 Å². The summed E-state index contributed by atoms with van der Waals surface area (Å²) in [7, 11) is 0. The Balaban J connectivity index is 1.42. The molecular weight excluding hydrogens is 488 g/mol. The highest BCUT2D eigenvalue weighted by molar-refractivity contribution is 7.10. The molecule has 0 radical (unpaired) electrons. The van der Waals surface area contributed by atoms with E-state index in [-0.39, 0.29) is 12.0 Å². The summed E-state index contributed by atoms with van der Waals surface area (Å²) in [5.41, 5.74) is 2.89. The van der Waals surface area contributed by atoms with Crippen LogP contribution >= 0.6 is 23.1 Å². The Bertz CT molecular complexity index is 1200.